The Kier molecular flexibility index (Phi) is 11.9. The second kappa shape index (κ2) is 11.9. The second-order valence-electron chi connectivity index (χ2n) is 5.66. The van der Waals surface area contributed by atoms with Crippen molar-refractivity contribution in [3.63, 3.8) is 0 Å². The van der Waals surface area contributed by atoms with E-state index in [1.165, 1.54) is 38.5 Å². The van der Waals surface area contributed by atoms with E-state index in [-0.39, 0.29) is 6.61 Å². The molecule has 0 aromatic rings. The van der Waals surface area contributed by atoms with Gasteiger partial charge >= 0.3 is 0 Å². The van der Waals surface area contributed by atoms with Crippen molar-refractivity contribution in [3.05, 3.63) is 0 Å². The molecule has 0 heterocycles. The molecule has 0 radical (unpaired) electrons. The summed E-state index contributed by atoms with van der Waals surface area (Å²) in [4.78, 5) is 0. The fourth-order valence-electron chi connectivity index (χ4n) is 2.11. The maximum Gasteiger partial charge on any atom is 0.0849 e. The fraction of sp³-hybridized carbons (Fsp3) is 1.00. The van der Waals surface area contributed by atoms with Crippen LogP contribution in [0.1, 0.15) is 77.6 Å². The fourth-order valence-corrected chi connectivity index (χ4v) is 2.11. The molecular formula is C15H32O3. The first-order valence-corrected chi connectivity index (χ1v) is 7.56. The van der Waals surface area contributed by atoms with Gasteiger partial charge in [0.25, 0.3) is 0 Å². The lowest BCUT2D eigenvalue weighted by Gasteiger charge is -2.19. The lowest BCUT2D eigenvalue weighted by Crippen LogP contribution is -2.28. The molecule has 110 valence electrons. The van der Waals surface area contributed by atoms with E-state index in [9.17, 15) is 5.11 Å². The van der Waals surface area contributed by atoms with Gasteiger partial charge in [0.15, 0.2) is 0 Å². The Morgan fingerprint density at radius 2 is 1.06 bits per heavy atom. The van der Waals surface area contributed by atoms with E-state index in [0.29, 0.717) is 13.0 Å². The molecule has 0 spiro atoms. The zero-order chi connectivity index (χ0) is 13.7. The van der Waals surface area contributed by atoms with E-state index < -0.39 is 5.60 Å². The third-order valence-corrected chi connectivity index (χ3v) is 3.46. The lowest BCUT2D eigenvalue weighted by atomic mass is 9.98. The molecule has 0 aliphatic carbocycles. The first kappa shape index (κ1) is 17.9. The van der Waals surface area contributed by atoms with Crippen LogP contribution in [0.2, 0.25) is 0 Å². The van der Waals surface area contributed by atoms with Crippen LogP contribution in [-0.4, -0.2) is 34.1 Å². The highest BCUT2D eigenvalue weighted by Gasteiger charge is 2.17. The standard InChI is InChI=1S/C15H32O3/c1-15(18,14-17)12-10-8-6-4-2-3-5-7-9-11-13-16/h16-18H,2-14H2,1H3. The second-order valence-corrected chi connectivity index (χ2v) is 5.66. The predicted molar refractivity (Wildman–Crippen MR) is 75.6 cm³/mol. The van der Waals surface area contributed by atoms with Crippen LogP contribution in [0.3, 0.4) is 0 Å². The zero-order valence-corrected chi connectivity index (χ0v) is 12.0. The minimum absolute atomic E-state index is 0.138. The van der Waals surface area contributed by atoms with E-state index in [1.807, 2.05) is 0 Å². The molecule has 0 aromatic heterocycles. The molecule has 0 aliphatic rings. The Bertz CT molecular complexity index is 169. The molecule has 18 heavy (non-hydrogen) atoms. The van der Waals surface area contributed by atoms with Crippen molar-refractivity contribution in [3.8, 4) is 0 Å². The van der Waals surface area contributed by atoms with Crippen LogP contribution < -0.4 is 0 Å². The van der Waals surface area contributed by atoms with Gasteiger partial charge in [-0.1, -0.05) is 57.8 Å². The van der Waals surface area contributed by atoms with Gasteiger partial charge in [-0.25, -0.2) is 0 Å². The molecule has 3 nitrogen and oxygen atoms in total. The van der Waals surface area contributed by atoms with Crippen LogP contribution in [0.5, 0.6) is 0 Å². The summed E-state index contributed by atoms with van der Waals surface area (Å²) in [6.45, 7) is 1.89. The van der Waals surface area contributed by atoms with E-state index in [1.54, 1.807) is 6.92 Å². The average Bonchev–Trinajstić information content (AvgIpc) is 2.36. The summed E-state index contributed by atoms with van der Waals surface area (Å²) in [5, 5.41) is 27.1. The zero-order valence-electron chi connectivity index (χ0n) is 12.0. The minimum Gasteiger partial charge on any atom is -0.396 e. The number of aliphatic hydroxyl groups is 3. The van der Waals surface area contributed by atoms with E-state index >= 15 is 0 Å². The molecule has 0 rings (SSSR count). The van der Waals surface area contributed by atoms with Gasteiger partial charge in [-0.3, -0.25) is 0 Å². The Labute approximate surface area is 112 Å². The Balaban J connectivity index is 3.08. The quantitative estimate of drug-likeness (QED) is 0.446. The van der Waals surface area contributed by atoms with Crippen molar-refractivity contribution in [1.82, 2.24) is 0 Å². The summed E-state index contributed by atoms with van der Waals surface area (Å²) in [6.07, 6.45) is 12.6. The summed E-state index contributed by atoms with van der Waals surface area (Å²) in [7, 11) is 0. The molecule has 1 unspecified atom stereocenters. The molecule has 0 bridgehead atoms. The summed E-state index contributed by atoms with van der Waals surface area (Å²) in [6, 6.07) is 0. The van der Waals surface area contributed by atoms with Crippen LogP contribution in [0.4, 0.5) is 0 Å². The van der Waals surface area contributed by atoms with Crippen LogP contribution in [0.25, 0.3) is 0 Å². The molecule has 1 atom stereocenters. The van der Waals surface area contributed by atoms with Gasteiger partial charge in [0.2, 0.25) is 0 Å². The minimum atomic E-state index is -0.882. The largest absolute Gasteiger partial charge is 0.396 e. The topological polar surface area (TPSA) is 60.7 Å². The third kappa shape index (κ3) is 12.3. The summed E-state index contributed by atoms with van der Waals surface area (Å²) in [5.41, 5.74) is -0.882. The van der Waals surface area contributed by atoms with Crippen molar-refractivity contribution < 1.29 is 15.3 Å². The molecule has 0 fully saturated rings. The van der Waals surface area contributed by atoms with Gasteiger partial charge < -0.3 is 15.3 Å². The SMILES string of the molecule is CC(O)(CO)CCCCCCCCCCCCO. The highest BCUT2D eigenvalue weighted by molar-refractivity contribution is 4.70. The highest BCUT2D eigenvalue weighted by Crippen LogP contribution is 2.16. The predicted octanol–water partition coefficient (Wildman–Crippen LogP) is 3.01. The highest BCUT2D eigenvalue weighted by atomic mass is 16.3. The molecular weight excluding hydrogens is 228 g/mol. The van der Waals surface area contributed by atoms with Gasteiger partial charge in [-0.2, -0.15) is 0 Å². The monoisotopic (exact) mass is 260 g/mol. The Morgan fingerprint density at radius 1 is 0.667 bits per heavy atom. The van der Waals surface area contributed by atoms with E-state index in [2.05, 4.69) is 0 Å². The lowest BCUT2D eigenvalue weighted by molar-refractivity contribution is -0.00695. The van der Waals surface area contributed by atoms with Crippen molar-refractivity contribution in [2.45, 2.75) is 83.2 Å². The summed E-state index contributed by atoms with van der Waals surface area (Å²) in [5.74, 6) is 0. The van der Waals surface area contributed by atoms with Gasteiger partial charge in [0.05, 0.1) is 12.2 Å². The molecule has 3 N–H and O–H groups in total. The molecule has 0 aromatic carbocycles. The van der Waals surface area contributed by atoms with Crippen LogP contribution in [-0.2, 0) is 0 Å². The van der Waals surface area contributed by atoms with Gasteiger partial charge in [-0.15, -0.1) is 0 Å². The average molecular weight is 260 g/mol. The third-order valence-electron chi connectivity index (χ3n) is 3.46. The van der Waals surface area contributed by atoms with E-state index in [4.69, 9.17) is 10.2 Å². The maximum absolute atomic E-state index is 9.60. The summed E-state index contributed by atoms with van der Waals surface area (Å²) < 4.78 is 0. The van der Waals surface area contributed by atoms with E-state index in [0.717, 1.165) is 25.7 Å². The number of rotatable bonds is 13. The molecule has 0 amide bonds. The van der Waals surface area contributed by atoms with Crippen molar-refractivity contribution in [2.24, 2.45) is 0 Å². The molecule has 3 heteroatoms. The number of aliphatic hydroxyl groups excluding tert-OH is 2. The van der Waals surface area contributed by atoms with Crippen molar-refractivity contribution in [2.75, 3.05) is 13.2 Å². The first-order valence-electron chi connectivity index (χ1n) is 7.56. The molecule has 0 aliphatic heterocycles. The van der Waals surface area contributed by atoms with Gasteiger partial charge in [0.1, 0.15) is 0 Å². The van der Waals surface area contributed by atoms with Gasteiger partial charge in [0, 0.05) is 6.61 Å². The Morgan fingerprint density at radius 3 is 1.44 bits per heavy atom. The van der Waals surface area contributed by atoms with Crippen molar-refractivity contribution in [1.29, 1.82) is 0 Å². The van der Waals surface area contributed by atoms with Crippen LogP contribution in [0.15, 0.2) is 0 Å². The Hall–Kier alpha value is -0.120. The van der Waals surface area contributed by atoms with Crippen LogP contribution in [0, 0.1) is 0 Å². The smallest absolute Gasteiger partial charge is 0.0849 e. The normalized spacial score (nSPS) is 14.7. The first-order chi connectivity index (χ1) is 8.62. The number of hydrogen-bond acceptors (Lipinski definition) is 3. The van der Waals surface area contributed by atoms with Crippen molar-refractivity contribution >= 4 is 0 Å². The molecule has 0 saturated heterocycles. The number of unbranched alkanes of at least 4 members (excludes halogenated alkanes) is 9. The van der Waals surface area contributed by atoms with Crippen LogP contribution >= 0.6 is 0 Å². The summed E-state index contributed by atoms with van der Waals surface area (Å²) >= 11 is 0. The number of hydrogen-bond donors (Lipinski definition) is 3. The van der Waals surface area contributed by atoms with Gasteiger partial charge in [-0.05, 0) is 19.8 Å². The molecule has 0 saturated carbocycles. The maximum atomic E-state index is 9.60.